The van der Waals surface area contributed by atoms with Crippen LogP contribution in [0, 0.1) is 0 Å². The summed E-state index contributed by atoms with van der Waals surface area (Å²) in [5.41, 5.74) is 1.52. The maximum absolute atomic E-state index is 13.2. The van der Waals surface area contributed by atoms with E-state index in [1.54, 1.807) is 37.4 Å². The first kappa shape index (κ1) is 23.6. The van der Waals surface area contributed by atoms with Gasteiger partial charge >= 0.3 is 0 Å². The molecule has 0 unspecified atom stereocenters. The van der Waals surface area contributed by atoms with E-state index in [9.17, 15) is 13.2 Å². The Bertz CT molecular complexity index is 1140. The molecule has 0 aliphatic heterocycles. The second kappa shape index (κ2) is 11.0. The SMILES string of the molecule is COc1cccc(CCCNC(=O)CN(c2ccccc2)S(=O)(=O)c2ccc(Cl)cc2)c1. The zero-order valence-corrected chi connectivity index (χ0v) is 19.3. The van der Waals surface area contributed by atoms with Gasteiger partial charge in [-0.3, -0.25) is 9.10 Å². The Kier molecular flexibility index (Phi) is 8.14. The molecule has 8 heteroatoms. The molecule has 0 atom stereocenters. The second-order valence-electron chi connectivity index (χ2n) is 7.11. The minimum atomic E-state index is -3.95. The lowest BCUT2D eigenvalue weighted by atomic mass is 10.1. The van der Waals surface area contributed by atoms with E-state index < -0.39 is 10.0 Å². The summed E-state index contributed by atoms with van der Waals surface area (Å²) >= 11 is 5.90. The number of methoxy groups -OCH3 is 1. The van der Waals surface area contributed by atoms with Gasteiger partial charge in [-0.1, -0.05) is 41.9 Å². The van der Waals surface area contributed by atoms with E-state index in [4.69, 9.17) is 16.3 Å². The summed E-state index contributed by atoms with van der Waals surface area (Å²) < 4.78 is 32.8. The molecule has 0 fully saturated rings. The molecule has 0 saturated carbocycles. The number of aryl methyl sites for hydroxylation is 1. The highest BCUT2D eigenvalue weighted by molar-refractivity contribution is 7.92. The first-order valence-electron chi connectivity index (χ1n) is 10.1. The lowest BCUT2D eigenvalue weighted by Crippen LogP contribution is -2.41. The molecular weight excluding hydrogens is 448 g/mol. The molecule has 6 nitrogen and oxygen atoms in total. The van der Waals surface area contributed by atoms with Crippen LogP contribution in [0.5, 0.6) is 5.75 Å². The van der Waals surface area contributed by atoms with E-state index in [0.717, 1.165) is 22.0 Å². The van der Waals surface area contributed by atoms with Crippen LogP contribution in [-0.2, 0) is 21.2 Å². The molecule has 168 valence electrons. The van der Waals surface area contributed by atoms with Crippen LogP contribution in [0.4, 0.5) is 5.69 Å². The highest BCUT2D eigenvalue weighted by atomic mass is 35.5. The molecule has 1 N–H and O–H groups in total. The highest BCUT2D eigenvalue weighted by Crippen LogP contribution is 2.24. The molecule has 3 aromatic rings. The number of para-hydroxylation sites is 1. The maximum atomic E-state index is 13.2. The number of benzene rings is 3. The number of nitrogens with zero attached hydrogens (tertiary/aromatic N) is 1. The summed E-state index contributed by atoms with van der Waals surface area (Å²) in [5, 5.41) is 3.25. The Morgan fingerprint density at radius 3 is 2.41 bits per heavy atom. The molecule has 0 aromatic heterocycles. The lowest BCUT2D eigenvalue weighted by Gasteiger charge is -2.24. The monoisotopic (exact) mass is 472 g/mol. The minimum absolute atomic E-state index is 0.0663. The predicted molar refractivity (Wildman–Crippen MR) is 127 cm³/mol. The van der Waals surface area contributed by atoms with Crippen molar-refractivity contribution in [3.05, 3.63) is 89.4 Å². The predicted octanol–water partition coefficient (Wildman–Crippen LogP) is 4.29. The van der Waals surface area contributed by atoms with Gasteiger partial charge in [0.25, 0.3) is 10.0 Å². The highest BCUT2D eigenvalue weighted by Gasteiger charge is 2.27. The number of rotatable bonds is 10. The van der Waals surface area contributed by atoms with Crippen LogP contribution in [-0.4, -0.2) is 34.5 Å². The van der Waals surface area contributed by atoms with E-state index in [1.165, 1.54) is 24.3 Å². The first-order chi connectivity index (χ1) is 15.4. The summed E-state index contributed by atoms with van der Waals surface area (Å²) in [6.07, 6.45) is 1.48. The van der Waals surface area contributed by atoms with Crippen molar-refractivity contribution in [3.8, 4) is 5.75 Å². The van der Waals surface area contributed by atoms with Crippen molar-refractivity contribution in [2.24, 2.45) is 0 Å². The van der Waals surface area contributed by atoms with Crippen LogP contribution in [0.2, 0.25) is 5.02 Å². The average Bonchev–Trinajstić information content (AvgIpc) is 2.81. The summed E-state index contributed by atoms with van der Waals surface area (Å²) in [6.45, 7) is 0.105. The smallest absolute Gasteiger partial charge is 0.264 e. The molecule has 0 aliphatic carbocycles. The number of hydrogen-bond acceptors (Lipinski definition) is 4. The fourth-order valence-corrected chi connectivity index (χ4v) is 4.72. The quantitative estimate of drug-likeness (QED) is 0.446. The molecule has 0 saturated heterocycles. The number of amides is 1. The molecule has 32 heavy (non-hydrogen) atoms. The standard InChI is InChI=1S/C24H25ClN2O4S/c1-31-22-11-5-7-19(17-22)8-6-16-26-24(28)18-27(21-9-3-2-4-10-21)32(29,30)23-14-12-20(25)13-15-23/h2-5,7,9-15,17H,6,8,16,18H2,1H3,(H,26,28). The Hall–Kier alpha value is -3.03. The van der Waals surface area contributed by atoms with Crippen molar-refractivity contribution in [1.82, 2.24) is 5.32 Å². The molecule has 0 bridgehead atoms. The van der Waals surface area contributed by atoms with Crippen LogP contribution in [0.3, 0.4) is 0 Å². The zero-order chi connectivity index (χ0) is 23.0. The van der Waals surface area contributed by atoms with E-state index >= 15 is 0 Å². The largest absolute Gasteiger partial charge is 0.497 e. The Morgan fingerprint density at radius 1 is 1.00 bits per heavy atom. The number of carbonyl (C=O) groups excluding carboxylic acids is 1. The van der Waals surface area contributed by atoms with Gasteiger partial charge in [-0.2, -0.15) is 0 Å². The Labute approximate surface area is 193 Å². The van der Waals surface area contributed by atoms with Gasteiger partial charge in [0, 0.05) is 11.6 Å². The number of hydrogen-bond donors (Lipinski definition) is 1. The number of anilines is 1. The molecule has 0 heterocycles. The van der Waals surface area contributed by atoms with Crippen LogP contribution >= 0.6 is 11.6 Å². The van der Waals surface area contributed by atoms with E-state index in [1.807, 2.05) is 24.3 Å². The third-order valence-corrected chi connectivity index (χ3v) is 6.87. The second-order valence-corrected chi connectivity index (χ2v) is 9.40. The van der Waals surface area contributed by atoms with Crippen molar-refractivity contribution in [2.45, 2.75) is 17.7 Å². The van der Waals surface area contributed by atoms with Crippen LogP contribution < -0.4 is 14.4 Å². The number of halogens is 1. The van der Waals surface area contributed by atoms with Gasteiger partial charge in [-0.25, -0.2) is 8.42 Å². The van der Waals surface area contributed by atoms with Gasteiger partial charge in [0.2, 0.25) is 5.91 Å². The van der Waals surface area contributed by atoms with Crippen molar-refractivity contribution in [1.29, 1.82) is 0 Å². The van der Waals surface area contributed by atoms with Crippen molar-refractivity contribution in [2.75, 3.05) is 24.5 Å². The average molecular weight is 473 g/mol. The number of sulfonamides is 1. The van der Waals surface area contributed by atoms with Gasteiger partial charge in [0.05, 0.1) is 17.7 Å². The zero-order valence-electron chi connectivity index (χ0n) is 17.7. The van der Waals surface area contributed by atoms with Crippen molar-refractivity contribution < 1.29 is 17.9 Å². The molecule has 1 amide bonds. The van der Waals surface area contributed by atoms with Gasteiger partial charge in [-0.15, -0.1) is 0 Å². The normalized spacial score (nSPS) is 11.1. The summed E-state index contributed by atoms with van der Waals surface area (Å²) in [5.74, 6) is 0.412. The van der Waals surface area contributed by atoms with Crippen LogP contribution in [0.25, 0.3) is 0 Å². The maximum Gasteiger partial charge on any atom is 0.264 e. The fraction of sp³-hybridized carbons (Fsp3) is 0.208. The fourth-order valence-electron chi connectivity index (χ4n) is 3.18. The molecule has 3 aromatic carbocycles. The molecule has 3 rings (SSSR count). The number of nitrogens with one attached hydrogen (secondary N) is 1. The molecular formula is C24H25ClN2O4S. The Morgan fingerprint density at radius 2 is 1.72 bits per heavy atom. The molecule has 0 aliphatic rings. The minimum Gasteiger partial charge on any atom is -0.497 e. The van der Waals surface area contributed by atoms with Crippen molar-refractivity contribution in [3.63, 3.8) is 0 Å². The molecule has 0 spiro atoms. The summed E-state index contributed by atoms with van der Waals surface area (Å²) in [7, 11) is -2.33. The van der Waals surface area contributed by atoms with E-state index in [2.05, 4.69) is 5.32 Å². The van der Waals surface area contributed by atoms with Crippen LogP contribution in [0.15, 0.2) is 83.8 Å². The topological polar surface area (TPSA) is 75.7 Å². The first-order valence-corrected chi connectivity index (χ1v) is 11.9. The summed E-state index contributed by atoms with van der Waals surface area (Å²) in [6, 6.07) is 22.2. The third kappa shape index (κ3) is 6.24. The van der Waals surface area contributed by atoms with Gasteiger partial charge in [0.1, 0.15) is 12.3 Å². The lowest BCUT2D eigenvalue weighted by molar-refractivity contribution is -0.119. The van der Waals surface area contributed by atoms with Crippen molar-refractivity contribution >= 4 is 33.2 Å². The number of ether oxygens (including phenoxy) is 1. The van der Waals surface area contributed by atoms with E-state index in [0.29, 0.717) is 23.7 Å². The van der Waals surface area contributed by atoms with Gasteiger partial charge in [-0.05, 0) is 66.9 Å². The molecule has 0 radical (unpaired) electrons. The van der Waals surface area contributed by atoms with E-state index in [-0.39, 0.29) is 17.3 Å². The van der Waals surface area contributed by atoms with Crippen LogP contribution in [0.1, 0.15) is 12.0 Å². The van der Waals surface area contributed by atoms with Gasteiger partial charge in [0.15, 0.2) is 0 Å². The Balaban J connectivity index is 1.65. The summed E-state index contributed by atoms with van der Waals surface area (Å²) in [4.78, 5) is 12.7. The number of carbonyl (C=O) groups is 1. The third-order valence-electron chi connectivity index (χ3n) is 4.83. The van der Waals surface area contributed by atoms with Gasteiger partial charge < -0.3 is 10.1 Å².